The van der Waals surface area contributed by atoms with Crippen molar-refractivity contribution in [3.8, 4) is 27.9 Å². The van der Waals surface area contributed by atoms with Crippen molar-refractivity contribution in [2.75, 3.05) is 4.90 Å². The van der Waals surface area contributed by atoms with Crippen LogP contribution in [0, 0.1) is 0 Å². The summed E-state index contributed by atoms with van der Waals surface area (Å²) in [6.07, 6.45) is 0. The number of anilines is 3. The first-order valence-electron chi connectivity index (χ1n) is 21.8. The molecule has 276 valence electrons. The van der Waals surface area contributed by atoms with Crippen molar-refractivity contribution < 1.29 is 9.90 Å². The predicted octanol–water partition coefficient (Wildman–Crippen LogP) is 15.8. The minimum Gasteiger partial charge on any atom is -0.455 e. The fourth-order valence-corrected chi connectivity index (χ4v) is 8.85. The minimum absolute atomic E-state index is 0.127. The van der Waals surface area contributed by atoms with Gasteiger partial charge in [-0.1, -0.05) is 146 Å². The molecule has 0 bridgehead atoms. The SMILES string of the molecule is [2H]c1c([2H])c(N(c2ccc(-c3ccc4ccccc4c3)cc2)c2cccc3oc4c5ccccc5ccc4c23)c([2H])c([2H])c1-c1cccc(-n2c3ccccc3c3ccccc32)c1. The third kappa shape index (κ3) is 5.44. The maximum atomic E-state index is 9.79. The van der Waals surface area contributed by atoms with Crippen molar-refractivity contribution in [3.05, 3.63) is 218 Å². The average Bonchev–Trinajstić information content (AvgIpc) is 3.89. The highest BCUT2D eigenvalue weighted by molar-refractivity contribution is 6.19. The minimum atomic E-state index is -0.151. The lowest BCUT2D eigenvalue weighted by Crippen LogP contribution is -2.10. The normalized spacial score (nSPS) is 12.7. The van der Waals surface area contributed by atoms with Crippen LogP contribution < -0.4 is 4.90 Å². The van der Waals surface area contributed by atoms with Gasteiger partial charge in [0.1, 0.15) is 11.2 Å². The van der Waals surface area contributed by atoms with Gasteiger partial charge in [-0.25, -0.2) is 0 Å². The van der Waals surface area contributed by atoms with E-state index in [0.717, 1.165) is 71.1 Å². The van der Waals surface area contributed by atoms with Crippen LogP contribution in [-0.4, -0.2) is 4.57 Å². The molecule has 10 aromatic carbocycles. The smallest absolute Gasteiger partial charge is 0.143 e. The number of para-hydroxylation sites is 2. The Morgan fingerprint density at radius 1 is 0.407 bits per heavy atom. The standard InChI is InChI=1S/C56H36N2O/c1-2-13-41-35-43(24-23-37(41)11-1)39-27-32-45(33-28-39)57(53-21-10-22-54-55(53)50-34-29-40-12-3-4-16-47(40)56(50)59-54)44-30-25-38(26-31-44)42-14-9-15-46(36-42)58-51-19-7-5-17-48(51)49-18-6-8-20-52(49)58/h1-36H/i25D,26D,30D,31D. The molecular formula is C56H36N2O. The average molecular weight is 757 g/mol. The highest BCUT2D eigenvalue weighted by Gasteiger charge is 2.21. The van der Waals surface area contributed by atoms with Gasteiger partial charge in [0.15, 0.2) is 0 Å². The van der Waals surface area contributed by atoms with Gasteiger partial charge in [-0.3, -0.25) is 0 Å². The molecule has 0 amide bonds. The number of nitrogens with zero attached hydrogens (tertiary/aromatic N) is 2. The van der Waals surface area contributed by atoms with E-state index >= 15 is 0 Å². The van der Waals surface area contributed by atoms with E-state index in [1.807, 2.05) is 108 Å². The van der Waals surface area contributed by atoms with Gasteiger partial charge in [0.2, 0.25) is 0 Å². The van der Waals surface area contributed by atoms with E-state index in [2.05, 4.69) is 95.6 Å². The molecule has 0 N–H and O–H groups in total. The van der Waals surface area contributed by atoms with Crippen LogP contribution in [-0.2, 0) is 0 Å². The molecule has 59 heavy (non-hydrogen) atoms. The summed E-state index contributed by atoms with van der Waals surface area (Å²) in [5.74, 6) is 0. The quantitative estimate of drug-likeness (QED) is 0.168. The van der Waals surface area contributed by atoms with Gasteiger partial charge in [-0.05, 0) is 111 Å². The van der Waals surface area contributed by atoms with Gasteiger partial charge in [-0.15, -0.1) is 0 Å². The Morgan fingerprint density at radius 3 is 1.81 bits per heavy atom. The number of aromatic nitrogens is 1. The Morgan fingerprint density at radius 2 is 1.03 bits per heavy atom. The molecule has 12 aromatic rings. The van der Waals surface area contributed by atoms with Crippen molar-refractivity contribution in [2.45, 2.75) is 0 Å². The van der Waals surface area contributed by atoms with Crippen LogP contribution in [0.25, 0.3) is 93.2 Å². The molecule has 0 fully saturated rings. The Bertz CT molecular complexity index is 3730. The number of hydrogen-bond donors (Lipinski definition) is 0. The Kier molecular flexibility index (Phi) is 6.65. The summed E-state index contributed by atoms with van der Waals surface area (Å²) in [6, 6.07) is 64.8. The molecule has 3 heteroatoms. The zero-order valence-corrected chi connectivity index (χ0v) is 31.8. The maximum Gasteiger partial charge on any atom is 0.143 e. The molecule has 0 spiro atoms. The van der Waals surface area contributed by atoms with Crippen LogP contribution >= 0.6 is 0 Å². The molecule has 2 aromatic heterocycles. The summed E-state index contributed by atoms with van der Waals surface area (Å²) in [7, 11) is 0. The first-order valence-corrected chi connectivity index (χ1v) is 19.8. The third-order valence-electron chi connectivity index (χ3n) is 11.6. The second-order valence-electron chi connectivity index (χ2n) is 15.0. The van der Waals surface area contributed by atoms with Gasteiger partial charge in [0.25, 0.3) is 0 Å². The topological polar surface area (TPSA) is 21.3 Å². The summed E-state index contributed by atoms with van der Waals surface area (Å²) in [6.45, 7) is 0. The van der Waals surface area contributed by atoms with E-state index in [0.29, 0.717) is 22.5 Å². The number of fused-ring (bicyclic) bond motifs is 9. The summed E-state index contributed by atoms with van der Waals surface area (Å²) in [4.78, 5) is 1.87. The van der Waals surface area contributed by atoms with Gasteiger partial charge in [-0.2, -0.15) is 0 Å². The Labute approximate surface area is 346 Å². The van der Waals surface area contributed by atoms with Crippen LogP contribution in [0.5, 0.6) is 0 Å². The van der Waals surface area contributed by atoms with Crippen LogP contribution in [0.2, 0.25) is 0 Å². The highest BCUT2D eigenvalue weighted by Crippen LogP contribution is 2.45. The third-order valence-corrected chi connectivity index (χ3v) is 11.6. The van der Waals surface area contributed by atoms with Crippen LogP contribution in [0.3, 0.4) is 0 Å². The first-order chi connectivity index (χ1) is 30.9. The van der Waals surface area contributed by atoms with Gasteiger partial charge >= 0.3 is 0 Å². The lowest BCUT2D eigenvalue weighted by molar-refractivity contribution is 0.672. The fraction of sp³-hybridized carbons (Fsp3) is 0. The molecule has 0 atom stereocenters. The van der Waals surface area contributed by atoms with Crippen molar-refractivity contribution >= 4 is 82.4 Å². The van der Waals surface area contributed by atoms with E-state index in [1.54, 1.807) is 0 Å². The van der Waals surface area contributed by atoms with Crippen LogP contribution in [0.1, 0.15) is 5.48 Å². The van der Waals surface area contributed by atoms with Crippen molar-refractivity contribution in [1.82, 2.24) is 4.57 Å². The first kappa shape index (κ1) is 29.4. The number of benzene rings is 10. The summed E-state index contributed by atoms with van der Waals surface area (Å²) in [5.41, 5.74) is 8.79. The molecule has 0 unspecified atom stereocenters. The van der Waals surface area contributed by atoms with E-state index in [4.69, 9.17) is 4.42 Å². The van der Waals surface area contributed by atoms with Crippen molar-refractivity contribution in [1.29, 1.82) is 0 Å². The number of furan rings is 1. The molecule has 0 aliphatic rings. The summed E-state index contributed by atoms with van der Waals surface area (Å²) < 4.78 is 47.7. The fourth-order valence-electron chi connectivity index (χ4n) is 8.85. The zero-order chi connectivity index (χ0) is 42.3. The molecule has 3 nitrogen and oxygen atoms in total. The van der Waals surface area contributed by atoms with E-state index < -0.39 is 0 Å². The van der Waals surface area contributed by atoms with Gasteiger partial charge in [0, 0.05) is 38.6 Å². The van der Waals surface area contributed by atoms with Crippen molar-refractivity contribution in [2.24, 2.45) is 0 Å². The largest absolute Gasteiger partial charge is 0.455 e. The second kappa shape index (κ2) is 13.4. The number of hydrogen-bond acceptors (Lipinski definition) is 2. The molecule has 12 rings (SSSR count). The summed E-state index contributed by atoms with van der Waals surface area (Å²) >= 11 is 0. The molecule has 0 saturated carbocycles. The molecule has 2 heterocycles. The van der Waals surface area contributed by atoms with E-state index in [-0.39, 0.29) is 35.4 Å². The van der Waals surface area contributed by atoms with Gasteiger partial charge in [0.05, 0.1) is 27.6 Å². The number of rotatable bonds is 6. The molecule has 0 aliphatic carbocycles. The Hall–Kier alpha value is -7.88. The van der Waals surface area contributed by atoms with Gasteiger partial charge < -0.3 is 13.9 Å². The zero-order valence-electron chi connectivity index (χ0n) is 35.8. The van der Waals surface area contributed by atoms with E-state index in [1.165, 1.54) is 5.39 Å². The lowest BCUT2D eigenvalue weighted by Gasteiger charge is -2.26. The van der Waals surface area contributed by atoms with Crippen LogP contribution in [0.4, 0.5) is 17.1 Å². The Balaban J connectivity index is 1.06. The van der Waals surface area contributed by atoms with Crippen LogP contribution in [0.15, 0.2) is 223 Å². The molecule has 0 saturated heterocycles. The predicted molar refractivity (Wildman–Crippen MR) is 249 cm³/mol. The monoisotopic (exact) mass is 756 g/mol. The molecule has 0 radical (unpaired) electrons. The summed E-state index contributed by atoms with van der Waals surface area (Å²) in [5, 5.41) is 8.34. The molecule has 0 aliphatic heterocycles. The lowest BCUT2D eigenvalue weighted by atomic mass is 10.00. The molecular weight excluding hydrogens is 717 g/mol. The highest BCUT2D eigenvalue weighted by atomic mass is 16.3. The van der Waals surface area contributed by atoms with E-state index in [9.17, 15) is 5.48 Å². The maximum absolute atomic E-state index is 9.79. The second-order valence-corrected chi connectivity index (χ2v) is 15.0. The van der Waals surface area contributed by atoms with Crippen molar-refractivity contribution in [3.63, 3.8) is 0 Å².